The zero-order valence-corrected chi connectivity index (χ0v) is 21.1. The maximum atomic E-state index is 11.2. The van der Waals surface area contributed by atoms with Crippen LogP contribution in [-0.2, 0) is 28.8 Å². The smallest absolute Gasteiger partial charge is 0.550 e. The summed E-state index contributed by atoms with van der Waals surface area (Å²) in [4.78, 5) is 63.2. The van der Waals surface area contributed by atoms with E-state index in [9.17, 15) is 39.0 Å². The minimum atomic E-state index is -1.13. The topological polar surface area (TPSA) is 265 Å². The van der Waals surface area contributed by atoms with Gasteiger partial charge in [-0.3, -0.25) is 19.2 Å². The van der Waals surface area contributed by atoms with Crippen molar-refractivity contribution in [1.29, 1.82) is 0 Å². The second-order valence-corrected chi connectivity index (χ2v) is 7.32. The van der Waals surface area contributed by atoms with Crippen LogP contribution in [-0.4, -0.2) is 94.1 Å². The zero-order chi connectivity index (χ0) is 26.5. The third kappa shape index (κ3) is 27.6. The molecule has 0 saturated heterocycles. The summed E-state index contributed by atoms with van der Waals surface area (Å²) in [5, 5.41) is 42.2. The summed E-state index contributed by atoms with van der Waals surface area (Å²) in [6, 6.07) is -2.06. The molecule has 15 heteroatoms. The van der Waals surface area contributed by atoms with E-state index in [1.807, 2.05) is 0 Å². The Balaban J connectivity index is -0.000000569. The number of carboxylic acids is 4. The molecular weight excluding hydrogens is 481 g/mol. The van der Waals surface area contributed by atoms with E-state index < -0.39 is 36.0 Å². The van der Waals surface area contributed by atoms with Gasteiger partial charge in [0.2, 0.25) is 11.8 Å². The van der Waals surface area contributed by atoms with Crippen LogP contribution in [0.4, 0.5) is 0 Å². The predicted molar refractivity (Wildman–Crippen MR) is 119 cm³/mol. The first-order chi connectivity index (χ1) is 15.9. The summed E-state index contributed by atoms with van der Waals surface area (Å²) in [5.74, 6) is -5.05. The number of nitrogens with two attached hydrogens (primary N) is 2. The Bertz CT molecular complexity index is 622. The summed E-state index contributed by atoms with van der Waals surface area (Å²) in [6.07, 6.45) is 2.19. The van der Waals surface area contributed by atoms with Crippen molar-refractivity contribution >= 4 is 58.7 Å². The number of carbonyl (C=O) groups is 6. The van der Waals surface area contributed by atoms with Crippen molar-refractivity contribution in [3.8, 4) is 0 Å². The molecule has 0 aliphatic heterocycles. The maximum absolute atomic E-state index is 11.2. The second-order valence-electron chi connectivity index (χ2n) is 7.32. The SMILES string of the molecule is N[C@@H](CCC(=O)NCCCCC(=O)[O-])C(=O)O.N[C@@H](CCC(=O)NCCCCC(=O)[O-])C(=O)O.[Mg+2]. The van der Waals surface area contributed by atoms with Crippen LogP contribution in [0.5, 0.6) is 0 Å². The van der Waals surface area contributed by atoms with Gasteiger partial charge < -0.3 is 52.1 Å². The fourth-order valence-electron chi connectivity index (χ4n) is 2.24. The second kappa shape index (κ2) is 23.3. The summed E-state index contributed by atoms with van der Waals surface area (Å²) in [7, 11) is 0. The molecule has 2 atom stereocenters. The summed E-state index contributed by atoms with van der Waals surface area (Å²) in [5.41, 5.74) is 10.4. The molecule has 0 saturated carbocycles. The first-order valence-corrected chi connectivity index (χ1v) is 10.8. The van der Waals surface area contributed by atoms with Crippen LogP contribution in [0.15, 0.2) is 0 Å². The van der Waals surface area contributed by atoms with Crippen LogP contribution in [0, 0.1) is 0 Å². The molecule has 0 rings (SSSR count). The van der Waals surface area contributed by atoms with Gasteiger partial charge in [-0.15, -0.1) is 0 Å². The van der Waals surface area contributed by atoms with Crippen LogP contribution in [0.1, 0.15) is 64.2 Å². The number of hydrogen-bond donors (Lipinski definition) is 6. The van der Waals surface area contributed by atoms with Gasteiger partial charge in [-0.25, -0.2) is 0 Å². The summed E-state index contributed by atoms with van der Waals surface area (Å²) in [6.45, 7) is 0.739. The van der Waals surface area contributed by atoms with Crippen LogP contribution >= 0.6 is 0 Å². The van der Waals surface area contributed by atoms with Gasteiger partial charge in [-0.2, -0.15) is 0 Å². The van der Waals surface area contributed by atoms with Crippen LogP contribution < -0.4 is 32.3 Å². The third-order valence-corrected chi connectivity index (χ3v) is 4.26. The molecule has 0 bridgehead atoms. The first-order valence-electron chi connectivity index (χ1n) is 10.8. The van der Waals surface area contributed by atoms with E-state index in [0.717, 1.165) is 0 Å². The Morgan fingerprint density at radius 1 is 0.629 bits per heavy atom. The van der Waals surface area contributed by atoms with Gasteiger partial charge in [0, 0.05) is 37.9 Å². The minimum absolute atomic E-state index is 0. The average Bonchev–Trinajstić information content (AvgIpc) is 2.75. The van der Waals surface area contributed by atoms with Crippen molar-refractivity contribution < 1.29 is 49.2 Å². The van der Waals surface area contributed by atoms with E-state index in [0.29, 0.717) is 38.8 Å². The standard InChI is InChI=1S/2C10H18N2O5.Mg/c2*11-7(10(16)17)4-5-8(13)12-6-2-1-3-9(14)15;/h2*7H,1-6,11H2,(H,12,13)(H,14,15)(H,16,17);/q;;+2/p-2/t2*7-;/m00./s1. The molecule has 14 nitrogen and oxygen atoms in total. The molecule has 0 aliphatic carbocycles. The van der Waals surface area contributed by atoms with E-state index in [-0.39, 0.29) is 73.4 Å². The number of carboxylic acid groups (broad SMARTS) is 4. The number of hydrogen-bond acceptors (Lipinski definition) is 10. The summed E-state index contributed by atoms with van der Waals surface area (Å²) >= 11 is 0. The van der Waals surface area contributed by atoms with Gasteiger partial charge in [0.05, 0.1) is 0 Å². The zero-order valence-electron chi connectivity index (χ0n) is 19.7. The molecule has 0 heterocycles. The van der Waals surface area contributed by atoms with E-state index in [1.165, 1.54) is 0 Å². The number of rotatable bonds is 18. The summed E-state index contributed by atoms with van der Waals surface area (Å²) < 4.78 is 0. The van der Waals surface area contributed by atoms with E-state index in [1.54, 1.807) is 0 Å². The Morgan fingerprint density at radius 3 is 1.20 bits per heavy atom. The molecule has 0 unspecified atom stereocenters. The average molecular weight is 515 g/mol. The van der Waals surface area contributed by atoms with Crippen molar-refractivity contribution in [2.75, 3.05) is 13.1 Å². The third-order valence-electron chi connectivity index (χ3n) is 4.26. The van der Waals surface area contributed by atoms with Gasteiger partial charge >= 0.3 is 35.0 Å². The normalized spacial score (nSPS) is 11.5. The largest absolute Gasteiger partial charge is 2.00 e. The van der Waals surface area contributed by atoms with Crippen molar-refractivity contribution in [2.45, 2.75) is 76.3 Å². The number of aliphatic carboxylic acids is 4. The quantitative estimate of drug-likeness (QED) is 0.0755. The Labute approximate surface area is 219 Å². The molecule has 0 spiro atoms. The molecule has 35 heavy (non-hydrogen) atoms. The molecule has 0 fully saturated rings. The fraction of sp³-hybridized carbons (Fsp3) is 0.700. The van der Waals surface area contributed by atoms with Crippen molar-refractivity contribution in [1.82, 2.24) is 10.6 Å². The van der Waals surface area contributed by atoms with Crippen molar-refractivity contribution in [3.63, 3.8) is 0 Å². The van der Waals surface area contributed by atoms with Gasteiger partial charge in [0.15, 0.2) is 0 Å². The molecule has 0 aromatic heterocycles. The molecule has 0 aliphatic rings. The first kappa shape index (κ1) is 37.1. The van der Waals surface area contributed by atoms with Crippen molar-refractivity contribution in [3.05, 3.63) is 0 Å². The van der Waals surface area contributed by atoms with Gasteiger partial charge in [0.25, 0.3) is 0 Å². The van der Waals surface area contributed by atoms with Crippen molar-refractivity contribution in [2.24, 2.45) is 11.5 Å². The van der Waals surface area contributed by atoms with Crippen LogP contribution in [0.2, 0.25) is 0 Å². The molecule has 0 aromatic rings. The Hall–Kier alpha value is -2.49. The number of nitrogens with one attached hydrogen (secondary N) is 2. The molecule has 2 amide bonds. The van der Waals surface area contributed by atoms with Gasteiger partial charge in [0.1, 0.15) is 12.1 Å². The minimum Gasteiger partial charge on any atom is -0.550 e. The molecule has 0 aromatic carbocycles. The van der Waals surface area contributed by atoms with E-state index >= 15 is 0 Å². The van der Waals surface area contributed by atoms with E-state index in [2.05, 4.69) is 10.6 Å². The van der Waals surface area contributed by atoms with Crippen LogP contribution in [0.25, 0.3) is 0 Å². The molecular formula is C20H34MgN4O10. The maximum Gasteiger partial charge on any atom is 2.00 e. The van der Waals surface area contributed by atoms with Crippen LogP contribution in [0.3, 0.4) is 0 Å². The Kier molecular flexibility index (Phi) is 24.6. The fourth-order valence-corrected chi connectivity index (χ4v) is 2.24. The van der Waals surface area contributed by atoms with E-state index in [4.69, 9.17) is 21.7 Å². The van der Waals surface area contributed by atoms with Gasteiger partial charge in [-0.1, -0.05) is 0 Å². The Morgan fingerprint density at radius 2 is 0.943 bits per heavy atom. The number of unbranched alkanes of at least 4 members (excludes halogenated alkanes) is 2. The monoisotopic (exact) mass is 514 g/mol. The molecule has 196 valence electrons. The molecule has 0 radical (unpaired) electrons. The molecule has 8 N–H and O–H groups in total. The van der Waals surface area contributed by atoms with Gasteiger partial charge in [-0.05, 0) is 51.4 Å². The number of amides is 2. The predicted octanol–water partition coefficient (Wildman–Crippen LogP) is -3.95. The number of carbonyl (C=O) groups excluding carboxylic acids is 4.